The van der Waals surface area contributed by atoms with E-state index < -0.39 is 5.60 Å². The fourth-order valence-electron chi connectivity index (χ4n) is 1.97. The minimum atomic E-state index is -0.465. The number of piperazine rings is 1. The van der Waals surface area contributed by atoms with Crippen molar-refractivity contribution in [2.24, 2.45) is 0 Å². The molecule has 0 radical (unpaired) electrons. The van der Waals surface area contributed by atoms with Crippen LogP contribution in [0.3, 0.4) is 0 Å². The number of aromatic nitrogens is 2. The maximum atomic E-state index is 11.9. The van der Waals surface area contributed by atoms with E-state index >= 15 is 0 Å². The Labute approximate surface area is 118 Å². The van der Waals surface area contributed by atoms with Crippen LogP contribution in [0.4, 0.5) is 16.4 Å². The summed E-state index contributed by atoms with van der Waals surface area (Å²) in [4.78, 5) is 24.0. The average Bonchev–Trinajstić information content (AvgIpc) is 2.37. The normalized spacial score (nSPS) is 16.1. The molecule has 0 unspecified atom stereocenters. The molecule has 1 saturated heterocycles. The van der Waals surface area contributed by atoms with Crippen molar-refractivity contribution < 1.29 is 9.53 Å². The van der Waals surface area contributed by atoms with Gasteiger partial charge in [-0.3, -0.25) is 4.98 Å². The lowest BCUT2D eigenvalue weighted by Crippen LogP contribution is -2.50. The number of nitrogen functional groups attached to an aromatic ring is 1. The summed E-state index contributed by atoms with van der Waals surface area (Å²) in [6.45, 7) is 8.18. The van der Waals surface area contributed by atoms with Gasteiger partial charge in [0.05, 0.1) is 12.4 Å². The molecule has 1 aromatic heterocycles. The molecule has 1 fully saturated rings. The Morgan fingerprint density at radius 3 is 2.45 bits per heavy atom. The highest BCUT2D eigenvalue weighted by Crippen LogP contribution is 2.16. The summed E-state index contributed by atoms with van der Waals surface area (Å²) in [5, 5.41) is 0. The van der Waals surface area contributed by atoms with Crippen LogP contribution >= 0.6 is 0 Å². The molecule has 7 heteroatoms. The zero-order valence-corrected chi connectivity index (χ0v) is 12.2. The zero-order valence-electron chi connectivity index (χ0n) is 12.2. The second-order valence-electron chi connectivity index (χ2n) is 5.76. The van der Waals surface area contributed by atoms with E-state index in [1.165, 1.54) is 6.20 Å². The summed E-state index contributed by atoms with van der Waals surface area (Å²) in [5.74, 6) is 1.14. The van der Waals surface area contributed by atoms with Gasteiger partial charge < -0.3 is 20.3 Å². The van der Waals surface area contributed by atoms with Crippen LogP contribution in [-0.2, 0) is 4.74 Å². The number of nitrogens with two attached hydrogens (primary N) is 1. The number of anilines is 2. The maximum Gasteiger partial charge on any atom is 0.410 e. The largest absolute Gasteiger partial charge is 0.444 e. The van der Waals surface area contributed by atoms with Gasteiger partial charge in [-0.2, -0.15) is 0 Å². The van der Waals surface area contributed by atoms with Gasteiger partial charge in [-0.05, 0) is 20.8 Å². The van der Waals surface area contributed by atoms with Crippen molar-refractivity contribution in [3.8, 4) is 0 Å². The number of nitrogens with zero attached hydrogens (tertiary/aromatic N) is 4. The molecule has 0 saturated carbocycles. The molecular weight excluding hydrogens is 258 g/mol. The molecule has 110 valence electrons. The third-order valence-corrected chi connectivity index (χ3v) is 2.90. The standard InChI is InChI=1S/C13H21N5O2/c1-13(2,3)20-12(19)18-6-4-17(5-7-18)11-9-15-8-10(14)16-11/h8-9H,4-7H2,1-3H3,(H2,14,16). The third kappa shape index (κ3) is 3.72. The van der Waals surface area contributed by atoms with Crippen LogP contribution in [0.5, 0.6) is 0 Å². The highest BCUT2D eigenvalue weighted by molar-refractivity contribution is 5.68. The van der Waals surface area contributed by atoms with Gasteiger partial charge in [0.15, 0.2) is 0 Å². The van der Waals surface area contributed by atoms with E-state index in [-0.39, 0.29) is 6.09 Å². The zero-order chi connectivity index (χ0) is 14.8. The van der Waals surface area contributed by atoms with Gasteiger partial charge in [0.25, 0.3) is 0 Å². The molecule has 0 aliphatic carbocycles. The van der Waals surface area contributed by atoms with Crippen LogP contribution in [0.2, 0.25) is 0 Å². The van der Waals surface area contributed by atoms with Gasteiger partial charge in [0.1, 0.15) is 17.2 Å². The minimum absolute atomic E-state index is 0.268. The Bertz CT molecular complexity index is 478. The van der Waals surface area contributed by atoms with Gasteiger partial charge in [-0.15, -0.1) is 0 Å². The number of hydrogen-bond donors (Lipinski definition) is 1. The van der Waals surface area contributed by atoms with Crippen molar-refractivity contribution in [3.63, 3.8) is 0 Å². The van der Waals surface area contributed by atoms with E-state index in [2.05, 4.69) is 14.9 Å². The van der Waals surface area contributed by atoms with Crippen LogP contribution in [0.25, 0.3) is 0 Å². The van der Waals surface area contributed by atoms with Gasteiger partial charge in [-0.25, -0.2) is 9.78 Å². The van der Waals surface area contributed by atoms with Crippen molar-refractivity contribution in [3.05, 3.63) is 12.4 Å². The number of carbonyl (C=O) groups is 1. The Morgan fingerprint density at radius 1 is 1.25 bits per heavy atom. The predicted octanol–water partition coefficient (Wildman–Crippen LogP) is 1.12. The number of amides is 1. The number of ether oxygens (including phenoxy) is 1. The first kappa shape index (κ1) is 14.4. The lowest BCUT2D eigenvalue weighted by atomic mass is 10.2. The lowest BCUT2D eigenvalue weighted by Gasteiger charge is -2.36. The van der Waals surface area contributed by atoms with Crippen molar-refractivity contribution in [1.29, 1.82) is 0 Å². The van der Waals surface area contributed by atoms with Gasteiger partial charge in [0, 0.05) is 26.2 Å². The quantitative estimate of drug-likeness (QED) is 0.829. The molecule has 0 atom stereocenters. The number of hydrogen-bond acceptors (Lipinski definition) is 6. The number of carbonyl (C=O) groups excluding carboxylic acids is 1. The third-order valence-electron chi connectivity index (χ3n) is 2.90. The first-order valence-corrected chi connectivity index (χ1v) is 6.65. The van der Waals surface area contributed by atoms with E-state index in [1.807, 2.05) is 20.8 Å². The van der Waals surface area contributed by atoms with Crippen LogP contribution in [0.15, 0.2) is 12.4 Å². The fraction of sp³-hybridized carbons (Fsp3) is 0.615. The van der Waals surface area contributed by atoms with Crippen LogP contribution < -0.4 is 10.6 Å². The van der Waals surface area contributed by atoms with E-state index in [0.29, 0.717) is 32.0 Å². The maximum absolute atomic E-state index is 11.9. The summed E-state index contributed by atoms with van der Waals surface area (Å²) in [6.07, 6.45) is 2.93. The molecule has 1 aromatic rings. The highest BCUT2D eigenvalue weighted by Gasteiger charge is 2.26. The summed E-state index contributed by atoms with van der Waals surface area (Å²) in [5.41, 5.74) is 5.16. The van der Waals surface area contributed by atoms with Crippen molar-refractivity contribution in [1.82, 2.24) is 14.9 Å². The predicted molar refractivity (Wildman–Crippen MR) is 76.5 cm³/mol. The Hall–Kier alpha value is -2.05. The van der Waals surface area contributed by atoms with Crippen molar-refractivity contribution in [2.75, 3.05) is 36.8 Å². The molecule has 20 heavy (non-hydrogen) atoms. The molecule has 0 aromatic carbocycles. The van der Waals surface area contributed by atoms with Crippen molar-refractivity contribution >= 4 is 17.7 Å². The molecule has 1 amide bonds. The monoisotopic (exact) mass is 279 g/mol. The van der Waals surface area contributed by atoms with Gasteiger partial charge >= 0.3 is 6.09 Å². The molecular formula is C13H21N5O2. The van der Waals surface area contributed by atoms with Gasteiger partial charge in [-0.1, -0.05) is 0 Å². The first-order chi connectivity index (χ1) is 9.35. The average molecular weight is 279 g/mol. The van der Waals surface area contributed by atoms with Crippen LogP contribution in [0.1, 0.15) is 20.8 Å². The molecule has 0 spiro atoms. The summed E-state index contributed by atoms with van der Waals surface area (Å²) < 4.78 is 5.36. The molecule has 1 aliphatic heterocycles. The molecule has 0 bridgehead atoms. The van der Waals surface area contributed by atoms with Crippen LogP contribution in [0, 0.1) is 0 Å². The number of rotatable bonds is 1. The lowest BCUT2D eigenvalue weighted by molar-refractivity contribution is 0.0240. The summed E-state index contributed by atoms with van der Waals surface area (Å²) in [6, 6.07) is 0. The Morgan fingerprint density at radius 2 is 1.90 bits per heavy atom. The second kappa shape index (κ2) is 5.52. The van der Waals surface area contributed by atoms with E-state index in [4.69, 9.17) is 10.5 Å². The highest BCUT2D eigenvalue weighted by atomic mass is 16.6. The molecule has 2 rings (SSSR count). The van der Waals surface area contributed by atoms with E-state index in [9.17, 15) is 4.79 Å². The van der Waals surface area contributed by atoms with E-state index in [1.54, 1.807) is 11.1 Å². The molecule has 2 heterocycles. The molecule has 2 N–H and O–H groups in total. The SMILES string of the molecule is CC(C)(C)OC(=O)N1CCN(c2cncc(N)n2)CC1. The Balaban J connectivity index is 1.91. The minimum Gasteiger partial charge on any atom is -0.444 e. The Kier molecular flexibility index (Phi) is 3.96. The van der Waals surface area contributed by atoms with Gasteiger partial charge in [0.2, 0.25) is 0 Å². The summed E-state index contributed by atoms with van der Waals surface area (Å²) in [7, 11) is 0. The molecule has 7 nitrogen and oxygen atoms in total. The van der Waals surface area contributed by atoms with Crippen molar-refractivity contribution in [2.45, 2.75) is 26.4 Å². The second-order valence-corrected chi connectivity index (χ2v) is 5.76. The topological polar surface area (TPSA) is 84.6 Å². The van der Waals surface area contributed by atoms with Crippen LogP contribution in [-0.4, -0.2) is 52.7 Å². The smallest absolute Gasteiger partial charge is 0.410 e. The van der Waals surface area contributed by atoms with E-state index in [0.717, 1.165) is 5.82 Å². The molecule has 1 aliphatic rings. The fourth-order valence-corrected chi connectivity index (χ4v) is 1.97. The first-order valence-electron chi connectivity index (χ1n) is 6.65. The summed E-state index contributed by atoms with van der Waals surface area (Å²) >= 11 is 0.